The van der Waals surface area contributed by atoms with Crippen molar-refractivity contribution in [1.29, 1.82) is 0 Å². The molecule has 0 saturated carbocycles. The molecule has 1 fully saturated rings. The lowest BCUT2D eigenvalue weighted by Gasteiger charge is -2.37. The molecule has 2 heterocycles. The SMILES string of the molecule is Cc1cnc(NC(=O)C2NCCCC2(C)C)s1. The highest BCUT2D eigenvalue weighted by molar-refractivity contribution is 7.15. The van der Waals surface area contributed by atoms with E-state index in [2.05, 4.69) is 29.5 Å². The van der Waals surface area contributed by atoms with Crippen LogP contribution in [0.5, 0.6) is 0 Å². The molecule has 1 amide bonds. The van der Waals surface area contributed by atoms with Gasteiger partial charge < -0.3 is 10.6 Å². The number of amides is 1. The van der Waals surface area contributed by atoms with E-state index in [1.54, 1.807) is 6.20 Å². The molecule has 0 radical (unpaired) electrons. The van der Waals surface area contributed by atoms with E-state index in [-0.39, 0.29) is 17.4 Å². The number of piperidine rings is 1. The van der Waals surface area contributed by atoms with Crippen LogP contribution in [0.3, 0.4) is 0 Å². The Balaban J connectivity index is 2.04. The van der Waals surface area contributed by atoms with Crippen molar-refractivity contribution in [2.24, 2.45) is 5.41 Å². The lowest BCUT2D eigenvalue weighted by molar-refractivity contribution is -0.121. The minimum atomic E-state index is -0.125. The average Bonchev–Trinajstić information content (AvgIpc) is 2.63. The summed E-state index contributed by atoms with van der Waals surface area (Å²) in [7, 11) is 0. The van der Waals surface area contributed by atoms with Crippen molar-refractivity contribution in [2.75, 3.05) is 11.9 Å². The van der Waals surface area contributed by atoms with E-state index in [0.29, 0.717) is 5.13 Å². The highest BCUT2D eigenvalue weighted by atomic mass is 32.1. The van der Waals surface area contributed by atoms with Crippen LogP contribution in [0.4, 0.5) is 5.13 Å². The first-order chi connectivity index (χ1) is 7.99. The first-order valence-corrected chi connectivity index (χ1v) is 6.77. The Morgan fingerprint density at radius 3 is 3.00 bits per heavy atom. The fraction of sp³-hybridized carbons (Fsp3) is 0.667. The molecule has 17 heavy (non-hydrogen) atoms. The Morgan fingerprint density at radius 2 is 2.41 bits per heavy atom. The number of nitrogens with zero attached hydrogens (tertiary/aromatic N) is 1. The van der Waals surface area contributed by atoms with E-state index in [4.69, 9.17) is 0 Å². The monoisotopic (exact) mass is 253 g/mol. The van der Waals surface area contributed by atoms with Gasteiger partial charge in [0.2, 0.25) is 5.91 Å². The Labute approximate surface area is 106 Å². The molecule has 1 aliphatic rings. The Bertz CT molecular complexity index is 414. The standard InChI is InChI=1S/C12H19N3OS/c1-8-7-14-11(17-8)15-10(16)9-12(2,3)5-4-6-13-9/h7,9,13H,4-6H2,1-3H3,(H,14,15,16). The summed E-state index contributed by atoms with van der Waals surface area (Å²) in [5, 5.41) is 6.89. The number of carbonyl (C=O) groups excluding carboxylic acids is 1. The molecule has 4 nitrogen and oxygen atoms in total. The Hall–Kier alpha value is -0.940. The zero-order valence-electron chi connectivity index (χ0n) is 10.5. The minimum absolute atomic E-state index is 0.00857. The van der Waals surface area contributed by atoms with Crippen molar-refractivity contribution in [3.05, 3.63) is 11.1 Å². The van der Waals surface area contributed by atoms with Crippen LogP contribution in [0.1, 0.15) is 31.6 Å². The average molecular weight is 253 g/mol. The summed E-state index contributed by atoms with van der Waals surface area (Å²) >= 11 is 1.51. The van der Waals surface area contributed by atoms with Crippen molar-refractivity contribution >= 4 is 22.4 Å². The molecule has 1 aromatic rings. The van der Waals surface area contributed by atoms with Gasteiger partial charge in [-0.3, -0.25) is 4.79 Å². The number of nitrogens with one attached hydrogen (secondary N) is 2. The number of thiazole rings is 1. The molecule has 1 saturated heterocycles. The first-order valence-electron chi connectivity index (χ1n) is 5.96. The van der Waals surface area contributed by atoms with Gasteiger partial charge in [-0.15, -0.1) is 11.3 Å². The molecule has 0 aromatic carbocycles. The molecule has 0 spiro atoms. The molecule has 1 unspecified atom stereocenters. The fourth-order valence-electron chi connectivity index (χ4n) is 2.25. The molecule has 2 rings (SSSR count). The predicted octanol–water partition coefficient (Wildman–Crippen LogP) is 2.17. The third-order valence-corrected chi connectivity index (χ3v) is 4.07. The number of aromatic nitrogens is 1. The van der Waals surface area contributed by atoms with Gasteiger partial charge in [0.15, 0.2) is 5.13 Å². The van der Waals surface area contributed by atoms with Crippen LogP contribution in [0, 0.1) is 12.3 Å². The third-order valence-electron chi connectivity index (χ3n) is 3.24. The van der Waals surface area contributed by atoms with Crippen LogP contribution in [0.15, 0.2) is 6.20 Å². The van der Waals surface area contributed by atoms with Crippen LogP contribution in [0.2, 0.25) is 0 Å². The lowest BCUT2D eigenvalue weighted by atomic mass is 9.77. The van der Waals surface area contributed by atoms with E-state index in [1.807, 2.05) is 6.92 Å². The summed E-state index contributed by atoms with van der Waals surface area (Å²) in [5.74, 6) is 0.0315. The molecule has 0 aliphatic carbocycles. The molecule has 0 bridgehead atoms. The topological polar surface area (TPSA) is 54.0 Å². The van der Waals surface area contributed by atoms with Gasteiger partial charge in [0.1, 0.15) is 0 Å². The van der Waals surface area contributed by atoms with E-state index in [1.165, 1.54) is 11.3 Å². The van der Waals surface area contributed by atoms with Gasteiger partial charge in [-0.25, -0.2) is 4.98 Å². The summed E-state index contributed by atoms with van der Waals surface area (Å²) in [4.78, 5) is 17.5. The van der Waals surface area contributed by atoms with E-state index >= 15 is 0 Å². The van der Waals surface area contributed by atoms with E-state index in [0.717, 1.165) is 24.3 Å². The summed E-state index contributed by atoms with van der Waals surface area (Å²) in [6, 6.07) is -0.125. The van der Waals surface area contributed by atoms with E-state index in [9.17, 15) is 4.79 Å². The maximum absolute atomic E-state index is 12.2. The summed E-state index contributed by atoms with van der Waals surface area (Å²) in [5.41, 5.74) is 0.00857. The summed E-state index contributed by atoms with van der Waals surface area (Å²) < 4.78 is 0. The second kappa shape index (κ2) is 4.74. The van der Waals surface area contributed by atoms with Gasteiger partial charge in [-0.1, -0.05) is 13.8 Å². The zero-order valence-corrected chi connectivity index (χ0v) is 11.4. The van der Waals surface area contributed by atoms with Crippen molar-refractivity contribution in [3.8, 4) is 0 Å². The van der Waals surface area contributed by atoms with Gasteiger partial charge in [-0.05, 0) is 31.7 Å². The first kappa shape index (κ1) is 12.5. The number of aryl methyl sites for hydroxylation is 1. The van der Waals surface area contributed by atoms with Crippen LogP contribution in [-0.4, -0.2) is 23.5 Å². The largest absolute Gasteiger partial charge is 0.305 e. The highest BCUT2D eigenvalue weighted by Crippen LogP contribution is 2.31. The van der Waals surface area contributed by atoms with Gasteiger partial charge in [-0.2, -0.15) is 0 Å². The van der Waals surface area contributed by atoms with Crippen LogP contribution in [-0.2, 0) is 4.79 Å². The number of carbonyl (C=O) groups is 1. The van der Waals surface area contributed by atoms with Crippen LogP contribution >= 0.6 is 11.3 Å². The smallest absolute Gasteiger partial charge is 0.243 e. The van der Waals surface area contributed by atoms with Gasteiger partial charge in [0, 0.05) is 11.1 Å². The number of rotatable bonds is 2. The molecule has 5 heteroatoms. The molecule has 2 N–H and O–H groups in total. The molecule has 1 atom stereocenters. The molecular weight excluding hydrogens is 234 g/mol. The van der Waals surface area contributed by atoms with Crippen LogP contribution < -0.4 is 10.6 Å². The van der Waals surface area contributed by atoms with Crippen molar-refractivity contribution in [1.82, 2.24) is 10.3 Å². The second-order valence-electron chi connectivity index (χ2n) is 5.24. The highest BCUT2D eigenvalue weighted by Gasteiger charge is 2.37. The zero-order chi connectivity index (χ0) is 12.5. The van der Waals surface area contributed by atoms with Gasteiger partial charge in [0.25, 0.3) is 0 Å². The number of hydrogen-bond acceptors (Lipinski definition) is 4. The summed E-state index contributed by atoms with van der Waals surface area (Å²) in [6.45, 7) is 7.17. The number of hydrogen-bond donors (Lipinski definition) is 2. The van der Waals surface area contributed by atoms with Gasteiger partial charge >= 0.3 is 0 Å². The lowest BCUT2D eigenvalue weighted by Crippen LogP contribution is -2.53. The Morgan fingerprint density at radius 1 is 1.65 bits per heavy atom. The molecule has 1 aliphatic heterocycles. The maximum Gasteiger partial charge on any atom is 0.243 e. The van der Waals surface area contributed by atoms with Crippen LogP contribution in [0.25, 0.3) is 0 Å². The van der Waals surface area contributed by atoms with Crippen molar-refractivity contribution < 1.29 is 4.79 Å². The summed E-state index contributed by atoms with van der Waals surface area (Å²) in [6.07, 6.45) is 3.99. The molecule has 1 aromatic heterocycles. The minimum Gasteiger partial charge on any atom is -0.305 e. The van der Waals surface area contributed by atoms with Gasteiger partial charge in [0.05, 0.1) is 6.04 Å². The predicted molar refractivity (Wildman–Crippen MR) is 70.3 cm³/mol. The third kappa shape index (κ3) is 2.84. The fourth-order valence-corrected chi connectivity index (χ4v) is 2.92. The maximum atomic E-state index is 12.2. The quantitative estimate of drug-likeness (QED) is 0.849. The number of anilines is 1. The molecular formula is C12H19N3OS. The van der Waals surface area contributed by atoms with E-state index < -0.39 is 0 Å². The van der Waals surface area contributed by atoms with Crippen molar-refractivity contribution in [3.63, 3.8) is 0 Å². The molecule has 94 valence electrons. The Kier molecular flexibility index (Phi) is 3.49. The second-order valence-corrected chi connectivity index (χ2v) is 6.48. The van der Waals surface area contributed by atoms with Crippen molar-refractivity contribution in [2.45, 2.75) is 39.7 Å². The normalized spacial score (nSPS) is 23.4.